The second-order valence-electron chi connectivity index (χ2n) is 7.71. The summed E-state index contributed by atoms with van der Waals surface area (Å²) in [6, 6.07) is 26.5. The average Bonchev–Trinajstić information content (AvgIpc) is 2.79. The third-order valence-electron chi connectivity index (χ3n) is 5.58. The van der Waals surface area contributed by atoms with Crippen LogP contribution in [-0.4, -0.2) is 53.9 Å². The maximum absolute atomic E-state index is 10.4. The van der Waals surface area contributed by atoms with Crippen molar-refractivity contribution >= 4 is 23.2 Å². The Labute approximate surface area is 193 Å². The summed E-state index contributed by atoms with van der Waals surface area (Å²) in [5.41, 5.74) is 2.59. The topological polar surface area (TPSA) is 35.9 Å². The van der Waals surface area contributed by atoms with Crippen molar-refractivity contribution in [2.45, 2.75) is 12.3 Å². The van der Waals surface area contributed by atoms with Crippen LogP contribution in [0, 0.1) is 0 Å². The van der Waals surface area contributed by atoms with Crippen LogP contribution in [0.15, 0.2) is 78.9 Å². The molecule has 1 aliphatic rings. The second-order valence-corrected chi connectivity index (χ2v) is 8.52. The van der Waals surface area contributed by atoms with Gasteiger partial charge in [-0.15, -0.1) is 0 Å². The number of benzene rings is 3. The predicted molar refractivity (Wildman–Crippen MR) is 126 cm³/mol. The fraction of sp³-hybridized carbons (Fsp3) is 0.280. The number of halogens is 2. The summed E-state index contributed by atoms with van der Waals surface area (Å²) in [6.45, 7) is 3.98. The monoisotopic (exact) mass is 456 g/mol. The van der Waals surface area contributed by atoms with Crippen molar-refractivity contribution in [1.82, 2.24) is 9.80 Å². The van der Waals surface area contributed by atoms with Gasteiger partial charge in [0.2, 0.25) is 6.29 Å². The van der Waals surface area contributed by atoms with Crippen molar-refractivity contribution in [3.05, 3.63) is 100 Å². The zero-order valence-electron chi connectivity index (χ0n) is 17.2. The summed E-state index contributed by atoms with van der Waals surface area (Å²) in [6.07, 6.45) is -0.928. The Kier molecular flexibility index (Phi) is 7.49. The molecule has 0 amide bonds. The van der Waals surface area contributed by atoms with Gasteiger partial charge in [-0.3, -0.25) is 9.80 Å². The average molecular weight is 457 g/mol. The third kappa shape index (κ3) is 5.79. The fourth-order valence-corrected chi connectivity index (χ4v) is 4.34. The van der Waals surface area contributed by atoms with Crippen molar-refractivity contribution in [3.8, 4) is 5.75 Å². The molecule has 0 spiro atoms. The second kappa shape index (κ2) is 10.5. The molecule has 6 heteroatoms. The molecular weight excluding hydrogens is 431 g/mol. The molecule has 1 atom stereocenters. The number of piperazine rings is 1. The van der Waals surface area contributed by atoms with Crippen molar-refractivity contribution < 1.29 is 9.84 Å². The lowest BCUT2D eigenvalue weighted by Crippen LogP contribution is -2.50. The maximum Gasteiger partial charge on any atom is 0.210 e. The van der Waals surface area contributed by atoms with E-state index in [2.05, 4.69) is 70.5 Å². The van der Waals surface area contributed by atoms with E-state index in [1.807, 2.05) is 0 Å². The first-order valence-corrected chi connectivity index (χ1v) is 11.2. The highest BCUT2D eigenvalue weighted by Gasteiger charge is 2.27. The van der Waals surface area contributed by atoms with Gasteiger partial charge in [-0.05, 0) is 23.3 Å². The van der Waals surface area contributed by atoms with Crippen molar-refractivity contribution in [2.24, 2.45) is 0 Å². The molecule has 0 bridgehead atoms. The van der Waals surface area contributed by atoms with Crippen LogP contribution in [0.4, 0.5) is 0 Å². The number of nitrogens with zero attached hydrogens (tertiary/aromatic N) is 2. The van der Waals surface area contributed by atoms with Crippen molar-refractivity contribution in [3.63, 3.8) is 0 Å². The molecule has 0 aliphatic carbocycles. The highest BCUT2D eigenvalue weighted by atomic mass is 35.5. The normalized spacial score (nSPS) is 16.4. The van der Waals surface area contributed by atoms with Gasteiger partial charge in [0.05, 0.1) is 22.6 Å². The number of hydrogen-bond donors (Lipinski definition) is 1. The van der Waals surface area contributed by atoms with Crippen LogP contribution < -0.4 is 4.74 Å². The molecule has 1 N–H and O–H groups in total. The first-order chi connectivity index (χ1) is 15.1. The maximum atomic E-state index is 10.4. The van der Waals surface area contributed by atoms with Crippen LogP contribution in [0.5, 0.6) is 5.75 Å². The Balaban J connectivity index is 1.37. The summed E-state index contributed by atoms with van der Waals surface area (Å²) in [7, 11) is 0. The highest BCUT2D eigenvalue weighted by molar-refractivity contribution is 6.42. The number of rotatable bonds is 7. The van der Waals surface area contributed by atoms with Crippen LogP contribution in [0.25, 0.3) is 0 Å². The van der Waals surface area contributed by atoms with Crippen LogP contribution in [-0.2, 0) is 0 Å². The molecule has 1 heterocycles. The quantitative estimate of drug-likeness (QED) is 0.501. The van der Waals surface area contributed by atoms with E-state index < -0.39 is 6.29 Å². The van der Waals surface area contributed by atoms with E-state index in [0.717, 1.165) is 26.2 Å². The van der Waals surface area contributed by atoms with Gasteiger partial charge in [-0.1, -0.05) is 83.9 Å². The Morgan fingerprint density at radius 2 is 1.35 bits per heavy atom. The molecule has 1 unspecified atom stereocenters. The van der Waals surface area contributed by atoms with Crippen molar-refractivity contribution in [1.29, 1.82) is 0 Å². The summed E-state index contributed by atoms with van der Waals surface area (Å²) < 4.78 is 5.62. The van der Waals surface area contributed by atoms with Crippen LogP contribution in [0.2, 0.25) is 10.0 Å². The fourth-order valence-electron chi connectivity index (χ4n) is 4.05. The zero-order chi connectivity index (χ0) is 21.6. The summed E-state index contributed by atoms with van der Waals surface area (Å²) in [4.78, 5) is 4.74. The number of hydrogen-bond acceptors (Lipinski definition) is 4. The molecule has 3 aromatic rings. The zero-order valence-corrected chi connectivity index (χ0v) is 18.7. The molecule has 162 valence electrons. The molecule has 0 aromatic heterocycles. The van der Waals surface area contributed by atoms with Gasteiger partial charge in [0.1, 0.15) is 5.75 Å². The lowest BCUT2D eigenvalue weighted by Gasteiger charge is -2.40. The third-order valence-corrected chi connectivity index (χ3v) is 6.32. The first kappa shape index (κ1) is 22.1. The molecule has 4 nitrogen and oxygen atoms in total. The number of β-amino-alcohol motifs (C(OH)–C–C–N with tert-alkyl or cyclic N) is 1. The Hall–Kier alpha value is -2.08. The molecule has 4 rings (SSSR count). The van der Waals surface area contributed by atoms with E-state index in [1.165, 1.54) is 11.1 Å². The largest absolute Gasteiger partial charge is 0.464 e. The van der Waals surface area contributed by atoms with Gasteiger partial charge >= 0.3 is 0 Å². The van der Waals surface area contributed by atoms with Crippen LogP contribution in [0.1, 0.15) is 17.2 Å². The standard InChI is InChI=1S/C25H26Cl2N2O2/c26-22-12-11-21(17-23(22)27)31-24(30)18-28-13-15-29(16-14-28)25(19-7-3-1-4-8-19)20-9-5-2-6-10-20/h1-12,17,24-25,30H,13-16,18H2. The summed E-state index contributed by atoms with van der Waals surface area (Å²) >= 11 is 12.0. The van der Waals surface area contributed by atoms with E-state index in [4.69, 9.17) is 27.9 Å². The molecule has 0 radical (unpaired) electrons. The van der Waals surface area contributed by atoms with Gasteiger partial charge in [0, 0.05) is 32.2 Å². The van der Waals surface area contributed by atoms with E-state index in [-0.39, 0.29) is 6.04 Å². The Morgan fingerprint density at radius 3 is 1.90 bits per heavy atom. The summed E-state index contributed by atoms with van der Waals surface area (Å²) in [5, 5.41) is 11.3. The first-order valence-electron chi connectivity index (χ1n) is 10.5. The minimum atomic E-state index is -0.928. The minimum absolute atomic E-state index is 0.224. The lowest BCUT2D eigenvalue weighted by atomic mass is 9.96. The van der Waals surface area contributed by atoms with Gasteiger partial charge in [0.25, 0.3) is 0 Å². The van der Waals surface area contributed by atoms with Crippen LogP contribution in [0.3, 0.4) is 0 Å². The van der Waals surface area contributed by atoms with Gasteiger partial charge in [-0.2, -0.15) is 0 Å². The van der Waals surface area contributed by atoms with Gasteiger partial charge in [0.15, 0.2) is 0 Å². The minimum Gasteiger partial charge on any atom is -0.464 e. The number of aliphatic hydroxyl groups excluding tert-OH is 1. The van der Waals surface area contributed by atoms with Crippen molar-refractivity contribution in [2.75, 3.05) is 32.7 Å². The van der Waals surface area contributed by atoms with Gasteiger partial charge in [-0.25, -0.2) is 0 Å². The molecular formula is C25H26Cl2N2O2. The predicted octanol–water partition coefficient (Wildman–Crippen LogP) is 5.10. The van der Waals surface area contributed by atoms with E-state index >= 15 is 0 Å². The Bertz CT molecular complexity index is 924. The lowest BCUT2D eigenvalue weighted by molar-refractivity contribution is -0.0495. The van der Waals surface area contributed by atoms with Gasteiger partial charge < -0.3 is 9.84 Å². The van der Waals surface area contributed by atoms with E-state index in [9.17, 15) is 5.11 Å². The Morgan fingerprint density at radius 1 is 0.774 bits per heavy atom. The van der Waals surface area contributed by atoms with E-state index in [1.54, 1.807) is 18.2 Å². The molecule has 1 aliphatic heterocycles. The smallest absolute Gasteiger partial charge is 0.210 e. The van der Waals surface area contributed by atoms with E-state index in [0.29, 0.717) is 22.3 Å². The molecule has 1 fully saturated rings. The molecule has 31 heavy (non-hydrogen) atoms. The number of ether oxygens (including phenoxy) is 1. The SMILES string of the molecule is OC(CN1CCN(C(c2ccccc2)c2ccccc2)CC1)Oc1ccc(Cl)c(Cl)c1. The summed E-state index contributed by atoms with van der Waals surface area (Å²) in [5.74, 6) is 0.508. The van der Waals surface area contributed by atoms with Crippen LogP contribution >= 0.6 is 23.2 Å². The molecule has 1 saturated heterocycles. The molecule has 3 aromatic carbocycles. The highest BCUT2D eigenvalue weighted by Crippen LogP contribution is 2.30. The molecule has 0 saturated carbocycles. The number of aliphatic hydroxyl groups is 1.